The van der Waals surface area contributed by atoms with Crippen LogP contribution in [0.1, 0.15) is 24.2 Å². The average molecular weight is 340 g/mol. The number of hydrogen-bond acceptors (Lipinski definition) is 4. The first kappa shape index (κ1) is 16.9. The Bertz CT molecular complexity index is 590. The topological polar surface area (TPSA) is 55.4 Å². The molecule has 0 saturated carbocycles. The molecule has 1 aromatic carbocycles. The first-order valence-corrected chi connectivity index (χ1v) is 8.45. The Kier molecular flexibility index (Phi) is 5.53. The highest BCUT2D eigenvalue weighted by Crippen LogP contribution is 2.46. The molecule has 0 aliphatic carbocycles. The molecule has 1 aromatic rings. The second kappa shape index (κ2) is 7.20. The Morgan fingerprint density at radius 1 is 1.36 bits per heavy atom. The van der Waals surface area contributed by atoms with Crippen molar-refractivity contribution in [3.63, 3.8) is 0 Å². The van der Waals surface area contributed by atoms with E-state index in [1.165, 1.54) is 11.8 Å². The van der Waals surface area contributed by atoms with Crippen LogP contribution in [0.2, 0.25) is 0 Å². The average Bonchev–Trinajstić information content (AvgIpc) is 2.85. The van der Waals surface area contributed by atoms with E-state index in [4.69, 9.17) is 16.3 Å². The molecular formula is C16H18ClNO3S. The van der Waals surface area contributed by atoms with Crippen molar-refractivity contribution < 1.29 is 14.3 Å². The van der Waals surface area contributed by atoms with Gasteiger partial charge in [-0.2, -0.15) is 0 Å². The Morgan fingerprint density at radius 3 is 2.64 bits per heavy atom. The molecule has 0 fully saturated rings. The number of halogens is 1. The van der Waals surface area contributed by atoms with E-state index in [-0.39, 0.29) is 18.4 Å². The van der Waals surface area contributed by atoms with Gasteiger partial charge in [0, 0.05) is 11.4 Å². The van der Waals surface area contributed by atoms with Crippen LogP contribution in [0.4, 0.5) is 0 Å². The van der Waals surface area contributed by atoms with Crippen LogP contribution in [0, 0.1) is 5.41 Å². The Morgan fingerprint density at radius 2 is 2.05 bits per heavy atom. The van der Waals surface area contributed by atoms with Crippen molar-refractivity contribution in [2.45, 2.75) is 19.2 Å². The van der Waals surface area contributed by atoms with Crippen LogP contribution < -0.4 is 5.32 Å². The second-order valence-corrected chi connectivity index (χ2v) is 6.23. The lowest BCUT2D eigenvalue weighted by Gasteiger charge is -2.32. The van der Waals surface area contributed by atoms with E-state index in [2.05, 4.69) is 5.32 Å². The zero-order valence-corrected chi connectivity index (χ0v) is 14.0. The van der Waals surface area contributed by atoms with Crippen molar-refractivity contribution in [3.05, 3.63) is 46.9 Å². The largest absolute Gasteiger partial charge is 0.465 e. The number of carbonyl (C=O) groups is 2. The summed E-state index contributed by atoms with van der Waals surface area (Å²) in [5.74, 6) is -0.580. The molecule has 0 radical (unpaired) electrons. The molecule has 6 heteroatoms. The molecule has 0 aromatic heterocycles. The second-order valence-electron chi connectivity index (χ2n) is 4.98. The van der Waals surface area contributed by atoms with Gasteiger partial charge in [-0.1, -0.05) is 18.2 Å². The molecule has 2 rings (SSSR count). The highest BCUT2D eigenvalue weighted by molar-refractivity contribution is 8.03. The van der Waals surface area contributed by atoms with Gasteiger partial charge in [0.15, 0.2) is 0 Å². The van der Waals surface area contributed by atoms with Crippen LogP contribution >= 0.6 is 23.4 Å². The smallest absolute Gasteiger partial charge is 0.320 e. The van der Waals surface area contributed by atoms with E-state index in [1.807, 2.05) is 18.4 Å². The third-order valence-electron chi connectivity index (χ3n) is 3.68. The molecule has 118 valence electrons. The summed E-state index contributed by atoms with van der Waals surface area (Å²) in [5, 5.41) is 4.27. The Balaban J connectivity index is 2.23. The van der Waals surface area contributed by atoms with E-state index in [0.29, 0.717) is 5.56 Å². The summed E-state index contributed by atoms with van der Waals surface area (Å²) in [5.41, 5.74) is 0.330. The molecular weight excluding hydrogens is 322 g/mol. The van der Waals surface area contributed by atoms with Gasteiger partial charge < -0.3 is 10.1 Å². The number of thioether (sulfide) groups is 1. The molecule has 1 aliphatic rings. The molecule has 1 N–H and O–H groups in total. The van der Waals surface area contributed by atoms with Gasteiger partial charge in [-0.3, -0.25) is 9.59 Å². The minimum absolute atomic E-state index is 0.0565. The number of nitrogens with one attached hydrogen (secondary N) is 1. The summed E-state index contributed by atoms with van der Waals surface area (Å²) in [4.78, 5) is 24.8. The normalized spacial score (nSPS) is 23.8. The van der Waals surface area contributed by atoms with E-state index in [0.717, 1.165) is 5.57 Å². The Labute approximate surface area is 139 Å². The zero-order valence-electron chi connectivity index (χ0n) is 12.5. The van der Waals surface area contributed by atoms with Crippen LogP contribution in [0.3, 0.4) is 0 Å². The fraction of sp³-hybridized carbons (Fsp3) is 0.375. The number of benzene rings is 1. The van der Waals surface area contributed by atoms with Crippen LogP contribution in [0.15, 0.2) is 41.3 Å². The molecule has 2 unspecified atom stereocenters. The van der Waals surface area contributed by atoms with Gasteiger partial charge in [-0.05, 0) is 37.0 Å². The summed E-state index contributed by atoms with van der Waals surface area (Å²) >= 11 is 7.49. The molecule has 2 atom stereocenters. The van der Waals surface area contributed by atoms with E-state index < -0.39 is 16.8 Å². The molecule has 0 bridgehead atoms. The number of ether oxygens (including phenoxy) is 1. The minimum atomic E-state index is -1.02. The van der Waals surface area contributed by atoms with Crippen molar-refractivity contribution in [2.75, 3.05) is 12.5 Å². The maximum atomic E-state index is 12.4. The summed E-state index contributed by atoms with van der Waals surface area (Å²) in [6.45, 7) is 3.86. The van der Waals surface area contributed by atoms with Gasteiger partial charge in [-0.25, -0.2) is 0 Å². The lowest BCUT2D eigenvalue weighted by molar-refractivity contribution is -0.151. The first-order valence-electron chi connectivity index (χ1n) is 6.98. The van der Waals surface area contributed by atoms with Crippen molar-refractivity contribution >= 4 is 35.2 Å². The van der Waals surface area contributed by atoms with E-state index in [1.54, 1.807) is 31.2 Å². The number of carbonyl (C=O) groups excluding carboxylic acids is 2. The van der Waals surface area contributed by atoms with E-state index in [9.17, 15) is 9.59 Å². The fourth-order valence-corrected chi connectivity index (χ4v) is 4.19. The van der Waals surface area contributed by atoms with Crippen molar-refractivity contribution in [1.82, 2.24) is 5.32 Å². The van der Waals surface area contributed by atoms with Crippen LogP contribution in [0.25, 0.3) is 0 Å². The van der Waals surface area contributed by atoms with Gasteiger partial charge in [0.25, 0.3) is 5.91 Å². The molecule has 1 heterocycles. The maximum absolute atomic E-state index is 12.4. The summed E-state index contributed by atoms with van der Waals surface area (Å²) < 4.78 is 5.18. The number of esters is 1. The summed E-state index contributed by atoms with van der Waals surface area (Å²) in [7, 11) is 0. The minimum Gasteiger partial charge on any atom is -0.465 e. The number of rotatable bonds is 5. The summed E-state index contributed by atoms with van der Waals surface area (Å²) in [6, 6.07) is 8.87. The quantitative estimate of drug-likeness (QED) is 0.661. The molecule has 0 spiro atoms. The third kappa shape index (κ3) is 3.01. The lowest BCUT2D eigenvalue weighted by atomic mass is 9.83. The van der Waals surface area contributed by atoms with Gasteiger partial charge in [0.05, 0.1) is 6.61 Å². The van der Waals surface area contributed by atoms with Crippen molar-refractivity contribution in [3.8, 4) is 0 Å². The maximum Gasteiger partial charge on any atom is 0.320 e. The van der Waals surface area contributed by atoms with E-state index >= 15 is 0 Å². The van der Waals surface area contributed by atoms with Crippen molar-refractivity contribution in [1.29, 1.82) is 0 Å². The molecule has 0 saturated heterocycles. The molecule has 1 amide bonds. The van der Waals surface area contributed by atoms with Crippen LogP contribution in [-0.4, -0.2) is 29.7 Å². The standard InChI is InChI=1S/C16H18ClNO3S/c1-3-21-15(20)16(10-17)11(2)9-22-14(16)18-13(19)12-7-5-4-6-8-12/h4-9,14H,3,10H2,1-2H3,(H,18,19). The monoisotopic (exact) mass is 339 g/mol. The first-order chi connectivity index (χ1) is 10.6. The SMILES string of the molecule is CCOC(=O)C1(CCl)C(C)=CSC1NC(=O)c1ccccc1. The fourth-order valence-electron chi connectivity index (χ4n) is 2.31. The number of amides is 1. The Hall–Kier alpha value is -1.46. The highest BCUT2D eigenvalue weighted by Gasteiger charge is 2.52. The summed E-state index contributed by atoms with van der Waals surface area (Å²) in [6.07, 6.45) is 0. The number of alkyl halides is 1. The van der Waals surface area contributed by atoms with Gasteiger partial charge >= 0.3 is 5.97 Å². The lowest BCUT2D eigenvalue weighted by Crippen LogP contribution is -2.50. The predicted octanol–water partition coefficient (Wildman–Crippen LogP) is 3.18. The number of hydrogen-bond donors (Lipinski definition) is 1. The van der Waals surface area contributed by atoms with Crippen LogP contribution in [0.5, 0.6) is 0 Å². The molecule has 22 heavy (non-hydrogen) atoms. The van der Waals surface area contributed by atoms with Gasteiger partial charge in [0.2, 0.25) is 0 Å². The zero-order chi connectivity index (χ0) is 16.2. The van der Waals surface area contributed by atoms with Gasteiger partial charge in [0.1, 0.15) is 10.8 Å². The molecule has 4 nitrogen and oxygen atoms in total. The highest BCUT2D eigenvalue weighted by atomic mass is 35.5. The molecule has 1 aliphatic heterocycles. The van der Waals surface area contributed by atoms with Gasteiger partial charge in [-0.15, -0.1) is 23.4 Å². The predicted molar refractivity (Wildman–Crippen MR) is 88.8 cm³/mol. The van der Waals surface area contributed by atoms with Crippen LogP contribution in [-0.2, 0) is 9.53 Å². The van der Waals surface area contributed by atoms with Crippen molar-refractivity contribution in [2.24, 2.45) is 5.41 Å². The third-order valence-corrected chi connectivity index (χ3v) is 5.38.